The van der Waals surface area contributed by atoms with Crippen molar-refractivity contribution in [2.75, 3.05) is 0 Å². The van der Waals surface area contributed by atoms with E-state index in [2.05, 4.69) is 9.68 Å². The molecule has 0 fully saturated rings. The van der Waals surface area contributed by atoms with Crippen LogP contribution in [0.4, 0.5) is 13.2 Å². The fourth-order valence-electron chi connectivity index (χ4n) is 0.512. The number of nitrogens with zero attached hydrogens (tertiary/aromatic N) is 1. The number of hydrogen-bond donors (Lipinski definition) is 0. The fraction of sp³-hybridized carbons (Fsp3) is 0.400. The molecule has 0 unspecified atom stereocenters. The molecule has 6 heteroatoms. The summed E-state index contributed by atoms with van der Waals surface area (Å²) in [7, 11) is 0. The second-order valence-electron chi connectivity index (χ2n) is 1.79. The molecule has 0 radical (unpaired) electrons. The number of alkyl halides is 3. The molecule has 0 bridgehead atoms. The minimum absolute atomic E-state index is 0.0116. The second kappa shape index (κ2) is 2.77. The number of thioether (sulfide) groups is 1. The summed E-state index contributed by atoms with van der Waals surface area (Å²) in [5, 5.41) is 3.21. The van der Waals surface area contributed by atoms with Gasteiger partial charge in [0, 0.05) is 0 Å². The maximum atomic E-state index is 11.7. The third-order valence-electron chi connectivity index (χ3n) is 0.932. The molecule has 0 aliphatic heterocycles. The van der Waals surface area contributed by atoms with Gasteiger partial charge < -0.3 is 4.52 Å². The van der Waals surface area contributed by atoms with Crippen LogP contribution < -0.4 is 0 Å². The van der Waals surface area contributed by atoms with Crippen LogP contribution in [0, 0.1) is 6.92 Å². The minimum atomic E-state index is -4.27. The molecule has 62 valence electrons. The summed E-state index contributed by atoms with van der Waals surface area (Å²) in [4.78, 5) is 0.0116. The first-order valence-corrected chi connectivity index (χ1v) is 3.48. The van der Waals surface area contributed by atoms with Crippen molar-refractivity contribution in [3.63, 3.8) is 0 Å². The van der Waals surface area contributed by atoms with Gasteiger partial charge >= 0.3 is 5.51 Å². The summed E-state index contributed by atoms with van der Waals surface area (Å²) in [6.07, 6.45) is 1.05. The largest absolute Gasteiger partial charge is 0.446 e. The molecule has 1 heterocycles. The highest BCUT2D eigenvalue weighted by molar-refractivity contribution is 8.00. The molecule has 1 aromatic heterocycles. The summed E-state index contributed by atoms with van der Waals surface area (Å²) in [6, 6.07) is 0. The highest BCUT2D eigenvalue weighted by Gasteiger charge is 2.31. The van der Waals surface area contributed by atoms with Crippen LogP contribution in [0.3, 0.4) is 0 Å². The first kappa shape index (κ1) is 8.45. The Morgan fingerprint density at radius 3 is 2.55 bits per heavy atom. The van der Waals surface area contributed by atoms with E-state index in [0.717, 1.165) is 6.20 Å². The van der Waals surface area contributed by atoms with E-state index in [9.17, 15) is 13.2 Å². The van der Waals surface area contributed by atoms with Crippen LogP contribution in [-0.4, -0.2) is 10.7 Å². The maximum Gasteiger partial charge on any atom is 0.446 e. The van der Waals surface area contributed by atoms with Crippen LogP contribution in [0.25, 0.3) is 0 Å². The summed E-state index contributed by atoms with van der Waals surface area (Å²) >= 11 is -0.222. The lowest BCUT2D eigenvalue weighted by Crippen LogP contribution is -1.98. The molecule has 1 aromatic rings. The third kappa shape index (κ3) is 2.45. The average Bonchev–Trinajstić information content (AvgIpc) is 2.12. The van der Waals surface area contributed by atoms with Crippen molar-refractivity contribution in [2.24, 2.45) is 0 Å². The summed E-state index contributed by atoms with van der Waals surface area (Å²) in [5.41, 5.74) is -4.27. The molecule has 0 N–H and O–H groups in total. The van der Waals surface area contributed by atoms with E-state index in [4.69, 9.17) is 0 Å². The van der Waals surface area contributed by atoms with Gasteiger partial charge in [0.1, 0.15) is 5.76 Å². The zero-order chi connectivity index (χ0) is 8.48. The van der Waals surface area contributed by atoms with Crippen LogP contribution in [0.15, 0.2) is 15.6 Å². The Hall–Kier alpha value is -0.650. The first-order valence-electron chi connectivity index (χ1n) is 2.66. The SMILES string of the molecule is Cc1oncc1SC(F)(F)F. The standard InChI is InChI=1S/C5H4F3NOS/c1-3-4(2-9-10-3)11-5(6,7)8/h2H,1H3. The predicted octanol–water partition coefficient (Wildman–Crippen LogP) is 2.59. The van der Waals surface area contributed by atoms with E-state index in [0.29, 0.717) is 0 Å². The van der Waals surface area contributed by atoms with Gasteiger partial charge in [0.2, 0.25) is 0 Å². The highest BCUT2D eigenvalue weighted by Crippen LogP contribution is 2.37. The van der Waals surface area contributed by atoms with Gasteiger partial charge in [0.25, 0.3) is 0 Å². The lowest BCUT2D eigenvalue weighted by molar-refractivity contribution is -0.0328. The third-order valence-corrected chi connectivity index (χ3v) is 1.78. The average molecular weight is 183 g/mol. The molecular weight excluding hydrogens is 179 g/mol. The lowest BCUT2D eigenvalue weighted by atomic mass is 10.5. The normalized spacial score (nSPS) is 12.0. The van der Waals surface area contributed by atoms with Gasteiger partial charge in [-0.05, 0) is 18.7 Å². The molecule has 2 nitrogen and oxygen atoms in total. The molecule has 0 saturated carbocycles. The molecule has 1 rings (SSSR count). The number of aromatic nitrogens is 1. The van der Waals surface area contributed by atoms with Crippen molar-refractivity contribution < 1.29 is 17.7 Å². The molecule has 0 aliphatic rings. The predicted molar refractivity (Wildman–Crippen MR) is 33.2 cm³/mol. The summed E-state index contributed by atoms with van der Waals surface area (Å²) < 4.78 is 39.5. The molecule has 0 aromatic carbocycles. The topological polar surface area (TPSA) is 26.0 Å². The van der Waals surface area contributed by atoms with E-state index in [1.807, 2.05) is 0 Å². The van der Waals surface area contributed by atoms with Crippen LogP contribution in [-0.2, 0) is 0 Å². The molecular formula is C5H4F3NOS. The van der Waals surface area contributed by atoms with E-state index in [1.165, 1.54) is 6.92 Å². The fourth-order valence-corrected chi connectivity index (χ4v) is 1.04. The van der Waals surface area contributed by atoms with Crippen LogP contribution in [0.1, 0.15) is 5.76 Å². The van der Waals surface area contributed by atoms with Crippen molar-refractivity contribution >= 4 is 11.8 Å². The zero-order valence-corrected chi connectivity index (χ0v) is 6.29. The van der Waals surface area contributed by atoms with Gasteiger partial charge in [0.05, 0.1) is 11.1 Å². The van der Waals surface area contributed by atoms with E-state index >= 15 is 0 Å². The molecule has 0 saturated heterocycles. The van der Waals surface area contributed by atoms with Crippen molar-refractivity contribution in [3.05, 3.63) is 12.0 Å². The lowest BCUT2D eigenvalue weighted by Gasteiger charge is -2.01. The van der Waals surface area contributed by atoms with Crippen LogP contribution >= 0.6 is 11.8 Å². The monoisotopic (exact) mass is 183 g/mol. The van der Waals surface area contributed by atoms with E-state index in [1.54, 1.807) is 0 Å². The minimum Gasteiger partial charge on any atom is -0.361 e. The van der Waals surface area contributed by atoms with Crippen molar-refractivity contribution in [1.82, 2.24) is 5.16 Å². The maximum absolute atomic E-state index is 11.7. The molecule has 0 atom stereocenters. The van der Waals surface area contributed by atoms with Gasteiger partial charge in [-0.2, -0.15) is 13.2 Å². The Balaban J connectivity index is 2.72. The number of aryl methyl sites for hydroxylation is 1. The zero-order valence-electron chi connectivity index (χ0n) is 5.47. The van der Waals surface area contributed by atoms with Crippen LogP contribution in [0.5, 0.6) is 0 Å². The van der Waals surface area contributed by atoms with Gasteiger partial charge in [-0.3, -0.25) is 0 Å². The van der Waals surface area contributed by atoms with E-state index < -0.39 is 5.51 Å². The summed E-state index contributed by atoms with van der Waals surface area (Å²) in [5.74, 6) is 0.187. The molecule has 11 heavy (non-hydrogen) atoms. The van der Waals surface area contributed by atoms with Crippen molar-refractivity contribution in [1.29, 1.82) is 0 Å². The quantitative estimate of drug-likeness (QED) is 0.626. The number of halogens is 3. The molecule has 0 amide bonds. The Labute approximate surface area is 64.7 Å². The van der Waals surface area contributed by atoms with Gasteiger partial charge in [0.15, 0.2) is 0 Å². The van der Waals surface area contributed by atoms with Crippen molar-refractivity contribution in [3.8, 4) is 0 Å². The Morgan fingerprint density at radius 2 is 2.18 bits per heavy atom. The molecule has 0 spiro atoms. The van der Waals surface area contributed by atoms with Crippen LogP contribution in [0.2, 0.25) is 0 Å². The molecule has 0 aliphatic carbocycles. The van der Waals surface area contributed by atoms with Crippen molar-refractivity contribution in [2.45, 2.75) is 17.3 Å². The Morgan fingerprint density at radius 1 is 1.55 bits per heavy atom. The Bertz CT molecular complexity index is 244. The summed E-state index contributed by atoms with van der Waals surface area (Å²) in [6.45, 7) is 1.43. The highest BCUT2D eigenvalue weighted by atomic mass is 32.2. The Kier molecular flexibility index (Phi) is 2.12. The second-order valence-corrected chi connectivity index (χ2v) is 2.90. The smallest absolute Gasteiger partial charge is 0.361 e. The van der Waals surface area contributed by atoms with Gasteiger partial charge in [-0.25, -0.2) is 0 Å². The van der Waals surface area contributed by atoms with Gasteiger partial charge in [-0.1, -0.05) is 5.16 Å². The van der Waals surface area contributed by atoms with E-state index in [-0.39, 0.29) is 22.4 Å². The number of rotatable bonds is 1. The first-order chi connectivity index (χ1) is 4.99. The van der Waals surface area contributed by atoms with Gasteiger partial charge in [-0.15, -0.1) is 0 Å². The number of hydrogen-bond acceptors (Lipinski definition) is 3.